The Balaban J connectivity index is 0.984. The van der Waals surface area contributed by atoms with Gasteiger partial charge in [0, 0.05) is 18.9 Å². The van der Waals surface area contributed by atoms with Crippen molar-refractivity contribution in [2.75, 3.05) is 6.54 Å². The average molecular weight is 676 g/mol. The van der Waals surface area contributed by atoms with E-state index in [1.807, 2.05) is 30.1 Å². The molecule has 1 saturated heterocycles. The minimum absolute atomic E-state index is 0.0690. The highest BCUT2D eigenvalue weighted by Crippen LogP contribution is 2.76. The van der Waals surface area contributed by atoms with Crippen LogP contribution in [0.4, 0.5) is 0 Å². The van der Waals surface area contributed by atoms with Crippen LogP contribution in [0.2, 0.25) is 0 Å². The predicted octanol–water partition coefficient (Wildman–Crippen LogP) is 7.61. The number of likely N-dealkylation sites (tertiary alicyclic amines) is 1. The van der Waals surface area contributed by atoms with Gasteiger partial charge in [0.05, 0.1) is 29.8 Å². The Morgan fingerprint density at radius 1 is 0.837 bits per heavy atom. The van der Waals surface area contributed by atoms with E-state index in [0.717, 1.165) is 58.0 Å². The Labute approximate surface area is 293 Å². The SMILES string of the molecule is CC1C(C(=O)O)CC1C(=O)OC1CCC2(C)C(CCC3(C)C2CCC2C4CCCC4(C(=O)N4CCCC4Cn4cccn4)CCC23C)C1C. The van der Waals surface area contributed by atoms with E-state index in [2.05, 4.69) is 37.7 Å². The Kier molecular flexibility index (Phi) is 8.15. The first-order valence-corrected chi connectivity index (χ1v) is 20.1. The van der Waals surface area contributed by atoms with E-state index in [0.29, 0.717) is 41.9 Å². The lowest BCUT2D eigenvalue weighted by atomic mass is 9.33. The molecule has 0 bridgehead atoms. The van der Waals surface area contributed by atoms with Crippen LogP contribution >= 0.6 is 0 Å². The molecule has 7 aliphatic rings. The minimum Gasteiger partial charge on any atom is -0.481 e. The smallest absolute Gasteiger partial charge is 0.309 e. The van der Waals surface area contributed by atoms with E-state index < -0.39 is 11.9 Å². The lowest BCUT2D eigenvalue weighted by Crippen LogP contribution is -2.66. The first kappa shape index (κ1) is 33.7. The molecule has 1 aliphatic heterocycles. The van der Waals surface area contributed by atoms with Crippen LogP contribution in [-0.2, 0) is 25.7 Å². The minimum atomic E-state index is -0.795. The van der Waals surface area contributed by atoms with Crippen molar-refractivity contribution in [1.82, 2.24) is 14.7 Å². The second-order valence-corrected chi connectivity index (χ2v) is 18.9. The third-order valence-corrected chi connectivity index (χ3v) is 17.6. The second kappa shape index (κ2) is 11.8. The zero-order valence-electron chi connectivity index (χ0n) is 30.7. The normalized spacial score (nSPS) is 48.8. The quantitative estimate of drug-likeness (QED) is 0.312. The molecule has 2 heterocycles. The fourth-order valence-corrected chi connectivity index (χ4v) is 14.6. The van der Waals surface area contributed by atoms with Crippen LogP contribution in [0.25, 0.3) is 0 Å². The fraction of sp³-hybridized carbons (Fsp3) is 0.854. The number of carbonyl (C=O) groups excluding carboxylic acids is 2. The van der Waals surface area contributed by atoms with Gasteiger partial charge in [-0.25, -0.2) is 0 Å². The van der Waals surface area contributed by atoms with Crippen molar-refractivity contribution in [1.29, 1.82) is 0 Å². The molecule has 6 saturated carbocycles. The summed E-state index contributed by atoms with van der Waals surface area (Å²) in [5.74, 6) is 1.25. The number of hydrogen-bond donors (Lipinski definition) is 1. The van der Waals surface area contributed by atoms with Gasteiger partial charge in [-0.15, -0.1) is 0 Å². The molecule has 1 N–H and O–H groups in total. The van der Waals surface area contributed by atoms with Crippen molar-refractivity contribution in [3.05, 3.63) is 18.5 Å². The molecule has 14 atom stereocenters. The zero-order chi connectivity index (χ0) is 34.5. The van der Waals surface area contributed by atoms with Crippen LogP contribution in [0.3, 0.4) is 0 Å². The number of aliphatic carboxylic acids is 1. The molecule has 14 unspecified atom stereocenters. The van der Waals surface area contributed by atoms with Gasteiger partial charge in [-0.05, 0) is 141 Å². The second-order valence-electron chi connectivity index (χ2n) is 18.9. The number of carboxylic acid groups (broad SMARTS) is 1. The molecule has 1 amide bonds. The summed E-state index contributed by atoms with van der Waals surface area (Å²) in [5, 5.41) is 13.9. The van der Waals surface area contributed by atoms with Crippen molar-refractivity contribution < 1.29 is 24.2 Å². The molecule has 49 heavy (non-hydrogen) atoms. The van der Waals surface area contributed by atoms with Crippen molar-refractivity contribution in [3.8, 4) is 0 Å². The van der Waals surface area contributed by atoms with Crippen LogP contribution in [0.5, 0.6) is 0 Å². The summed E-state index contributed by atoms with van der Waals surface area (Å²) in [4.78, 5) is 41.8. The number of carbonyl (C=O) groups is 3. The first-order valence-electron chi connectivity index (χ1n) is 20.1. The molecule has 8 nitrogen and oxygen atoms in total. The monoisotopic (exact) mass is 675 g/mol. The largest absolute Gasteiger partial charge is 0.481 e. The van der Waals surface area contributed by atoms with Gasteiger partial charge in [0.1, 0.15) is 6.10 Å². The highest BCUT2D eigenvalue weighted by molar-refractivity contribution is 5.84. The molecule has 8 heteroatoms. The average Bonchev–Trinajstić information content (AvgIpc) is 3.84. The molecular weight excluding hydrogens is 614 g/mol. The number of esters is 1. The van der Waals surface area contributed by atoms with Gasteiger partial charge in [0.2, 0.25) is 5.91 Å². The van der Waals surface area contributed by atoms with Gasteiger partial charge in [0.15, 0.2) is 0 Å². The van der Waals surface area contributed by atoms with Gasteiger partial charge in [-0.3, -0.25) is 19.1 Å². The lowest BCUT2D eigenvalue weighted by Gasteiger charge is -2.71. The number of hydrogen-bond acceptors (Lipinski definition) is 5. The zero-order valence-corrected chi connectivity index (χ0v) is 30.7. The molecule has 8 rings (SSSR count). The van der Waals surface area contributed by atoms with Crippen LogP contribution in [0.15, 0.2) is 18.5 Å². The van der Waals surface area contributed by atoms with Gasteiger partial charge < -0.3 is 14.7 Å². The van der Waals surface area contributed by atoms with Crippen LogP contribution in [0.1, 0.15) is 125 Å². The molecule has 1 aromatic heterocycles. The highest BCUT2D eigenvalue weighted by Gasteiger charge is 2.70. The maximum absolute atomic E-state index is 14.8. The highest BCUT2D eigenvalue weighted by atomic mass is 16.5. The standard InChI is InChI=1S/C41H61N3O5/c1-25-28(35(45)46)23-29(25)36(47)49-33-14-16-38(3)30(26(33)2)13-17-40(5)34(38)12-11-31-32-10-6-15-41(32,19-18-39(31,40)4)37(48)44-22-7-9-27(44)24-43-21-8-20-42-43/h8,20-21,25-34H,6-7,9-19,22-24H2,1-5H3,(H,45,46). The number of fused-ring (bicyclic) bond motifs is 7. The first-order chi connectivity index (χ1) is 23.3. The number of nitrogens with zero attached hydrogens (tertiary/aromatic N) is 3. The third kappa shape index (κ3) is 4.79. The lowest BCUT2D eigenvalue weighted by molar-refractivity contribution is -0.236. The summed E-state index contributed by atoms with van der Waals surface area (Å²) in [5.41, 5.74) is 0.512. The third-order valence-electron chi connectivity index (χ3n) is 17.6. The Morgan fingerprint density at radius 2 is 1.65 bits per heavy atom. The Morgan fingerprint density at radius 3 is 2.39 bits per heavy atom. The van der Waals surface area contributed by atoms with Crippen LogP contribution in [0, 0.1) is 69.0 Å². The van der Waals surface area contributed by atoms with E-state index in [4.69, 9.17) is 4.74 Å². The molecule has 270 valence electrons. The van der Waals surface area contributed by atoms with E-state index in [1.165, 1.54) is 38.5 Å². The van der Waals surface area contributed by atoms with Crippen molar-refractivity contribution in [2.45, 2.75) is 143 Å². The van der Waals surface area contributed by atoms with Gasteiger partial charge >= 0.3 is 11.9 Å². The molecule has 0 spiro atoms. The van der Waals surface area contributed by atoms with E-state index in [1.54, 1.807) is 0 Å². The fourth-order valence-electron chi connectivity index (χ4n) is 14.6. The topological polar surface area (TPSA) is 102 Å². The summed E-state index contributed by atoms with van der Waals surface area (Å²) in [6.45, 7) is 13.8. The van der Waals surface area contributed by atoms with Gasteiger partial charge in [0.25, 0.3) is 0 Å². The number of amides is 1. The number of rotatable bonds is 6. The van der Waals surface area contributed by atoms with E-state index >= 15 is 0 Å². The molecule has 7 fully saturated rings. The van der Waals surface area contributed by atoms with E-state index in [9.17, 15) is 19.5 Å². The molecule has 0 aromatic carbocycles. The van der Waals surface area contributed by atoms with Crippen molar-refractivity contribution >= 4 is 17.8 Å². The van der Waals surface area contributed by atoms with Gasteiger partial charge in [-0.1, -0.05) is 41.0 Å². The summed E-state index contributed by atoms with van der Waals surface area (Å²) < 4.78 is 8.27. The van der Waals surface area contributed by atoms with Crippen molar-refractivity contribution in [3.63, 3.8) is 0 Å². The molecule has 1 aromatic rings. The van der Waals surface area contributed by atoms with Gasteiger partial charge in [-0.2, -0.15) is 5.10 Å². The maximum atomic E-state index is 14.8. The molecule has 0 radical (unpaired) electrons. The summed E-state index contributed by atoms with van der Waals surface area (Å²) in [7, 11) is 0. The summed E-state index contributed by atoms with van der Waals surface area (Å²) in [6, 6.07) is 2.24. The van der Waals surface area contributed by atoms with Crippen LogP contribution < -0.4 is 0 Å². The Bertz CT molecular complexity index is 1460. The van der Waals surface area contributed by atoms with E-state index in [-0.39, 0.29) is 51.6 Å². The Hall–Kier alpha value is -2.38. The predicted molar refractivity (Wildman–Crippen MR) is 186 cm³/mol. The number of carboxylic acids is 1. The summed E-state index contributed by atoms with van der Waals surface area (Å²) in [6.07, 6.45) is 19.0. The molecular formula is C41H61N3O5. The van der Waals surface area contributed by atoms with Crippen LogP contribution in [-0.4, -0.2) is 56.3 Å². The summed E-state index contributed by atoms with van der Waals surface area (Å²) >= 11 is 0. The molecule has 6 aliphatic carbocycles. The number of ether oxygens (including phenoxy) is 1. The maximum Gasteiger partial charge on any atom is 0.309 e. The van der Waals surface area contributed by atoms with Crippen molar-refractivity contribution in [2.24, 2.45) is 69.0 Å². The number of aromatic nitrogens is 2.